The second-order valence-corrected chi connectivity index (χ2v) is 12.6. The molecule has 8 nitrogen and oxygen atoms in total. The predicted octanol–water partition coefficient (Wildman–Crippen LogP) is 4.57. The summed E-state index contributed by atoms with van der Waals surface area (Å²) < 4.78 is 0. The molecule has 9 heteroatoms. The summed E-state index contributed by atoms with van der Waals surface area (Å²) in [6.45, 7) is 10.3. The van der Waals surface area contributed by atoms with Crippen LogP contribution in [0.1, 0.15) is 67.3 Å². The lowest BCUT2D eigenvalue weighted by Crippen LogP contribution is -2.55. The molecule has 0 radical (unpaired) electrons. The van der Waals surface area contributed by atoms with Crippen LogP contribution in [0, 0.1) is 18.8 Å². The van der Waals surface area contributed by atoms with Crippen molar-refractivity contribution < 1.29 is 19.5 Å². The fourth-order valence-corrected chi connectivity index (χ4v) is 6.87. The third kappa shape index (κ3) is 5.65. The van der Waals surface area contributed by atoms with E-state index in [4.69, 9.17) is 0 Å². The number of aliphatic hydroxyl groups is 1. The van der Waals surface area contributed by atoms with E-state index >= 15 is 0 Å². The van der Waals surface area contributed by atoms with Gasteiger partial charge in [0.15, 0.2) is 0 Å². The Bertz CT molecular complexity index is 1430. The van der Waals surface area contributed by atoms with Crippen LogP contribution in [-0.2, 0) is 16.1 Å². The van der Waals surface area contributed by atoms with Crippen LogP contribution in [0.15, 0.2) is 54.0 Å². The largest absolute Gasteiger partial charge is 0.391 e. The minimum atomic E-state index is -0.820. The van der Waals surface area contributed by atoms with Gasteiger partial charge in [0.05, 0.1) is 28.2 Å². The molecule has 216 valence electrons. The number of aryl methyl sites for hydroxylation is 1. The number of likely N-dealkylation sites (tertiary alicyclic amines) is 1. The number of fused-ring (bicyclic) bond motifs is 1. The molecular formula is C32H38N4O4S. The first kappa shape index (κ1) is 29.0. The van der Waals surface area contributed by atoms with Gasteiger partial charge in [-0.1, -0.05) is 70.2 Å². The molecule has 1 saturated heterocycles. The zero-order valence-corrected chi connectivity index (χ0v) is 25.0. The molecule has 4 atom stereocenters. The molecular weight excluding hydrogens is 536 g/mol. The Kier molecular flexibility index (Phi) is 8.29. The Balaban J connectivity index is 1.34. The summed E-state index contributed by atoms with van der Waals surface area (Å²) in [5, 5.41) is 13.8. The number of aliphatic hydroxyl groups excluding tert-OH is 1. The monoisotopic (exact) mass is 574 g/mol. The molecule has 2 aliphatic heterocycles. The van der Waals surface area contributed by atoms with Gasteiger partial charge in [0, 0.05) is 25.1 Å². The minimum absolute atomic E-state index is 0.0599. The van der Waals surface area contributed by atoms with Crippen LogP contribution in [0.3, 0.4) is 0 Å². The van der Waals surface area contributed by atoms with Crippen molar-refractivity contribution in [2.45, 2.75) is 71.8 Å². The van der Waals surface area contributed by atoms with Gasteiger partial charge in [-0.05, 0) is 41.5 Å². The summed E-state index contributed by atoms with van der Waals surface area (Å²) in [5.41, 5.74) is 6.37. The summed E-state index contributed by atoms with van der Waals surface area (Å²) in [5.74, 6) is -0.858. The Morgan fingerprint density at radius 2 is 1.76 bits per heavy atom. The van der Waals surface area contributed by atoms with E-state index in [9.17, 15) is 19.5 Å². The molecule has 0 saturated carbocycles. The van der Waals surface area contributed by atoms with Crippen LogP contribution in [0.4, 0.5) is 0 Å². The Hall–Kier alpha value is -3.56. The summed E-state index contributed by atoms with van der Waals surface area (Å²) in [6.07, 6.45) is -0.654. The molecule has 1 fully saturated rings. The van der Waals surface area contributed by atoms with E-state index in [0.717, 1.165) is 27.3 Å². The average molecular weight is 575 g/mol. The first-order valence-electron chi connectivity index (χ1n) is 14.2. The van der Waals surface area contributed by atoms with Crippen LogP contribution in [0.5, 0.6) is 0 Å². The maximum Gasteiger partial charge on any atom is 0.255 e. The van der Waals surface area contributed by atoms with Crippen LogP contribution in [0.2, 0.25) is 0 Å². The molecule has 1 aromatic heterocycles. The smallest absolute Gasteiger partial charge is 0.255 e. The number of thiazole rings is 1. The zero-order chi connectivity index (χ0) is 29.4. The number of hydrogen-bond acceptors (Lipinski definition) is 6. The van der Waals surface area contributed by atoms with E-state index in [1.54, 1.807) is 22.3 Å². The third-order valence-corrected chi connectivity index (χ3v) is 9.15. The molecule has 3 aromatic rings. The number of hydrogen-bond donors (Lipinski definition) is 2. The van der Waals surface area contributed by atoms with Gasteiger partial charge in [0.25, 0.3) is 5.91 Å². The van der Waals surface area contributed by atoms with Crippen molar-refractivity contribution in [3.63, 3.8) is 0 Å². The highest BCUT2D eigenvalue weighted by Crippen LogP contribution is 2.32. The highest BCUT2D eigenvalue weighted by Gasteiger charge is 2.46. The number of nitrogens with zero attached hydrogens (tertiary/aromatic N) is 3. The van der Waals surface area contributed by atoms with E-state index in [1.165, 1.54) is 4.90 Å². The van der Waals surface area contributed by atoms with E-state index in [-0.39, 0.29) is 48.6 Å². The van der Waals surface area contributed by atoms with Gasteiger partial charge in [-0.2, -0.15) is 0 Å². The standard InChI is InChI=1S/C32H38N4O4S/c1-18(2)27(21-10-12-22(13-11-21)29-20(5)33-17-41-29)34-30(38)26-14-24(37)16-35(26)32(40)28(19(3)4)36-15-23-8-6-7-9-25(23)31(36)39/h6-13,17-19,24,26-28,37H,14-16H2,1-5H3,(H,34,38)/t24?,26?,27?,28-/m0/s1. The molecule has 3 unspecified atom stereocenters. The van der Waals surface area contributed by atoms with Crippen molar-refractivity contribution in [2.75, 3.05) is 6.54 Å². The first-order valence-corrected chi connectivity index (χ1v) is 15.1. The molecule has 0 spiro atoms. The van der Waals surface area contributed by atoms with E-state index in [2.05, 4.69) is 10.3 Å². The molecule has 0 bridgehead atoms. The number of amides is 3. The fourth-order valence-electron chi connectivity index (χ4n) is 6.06. The highest BCUT2D eigenvalue weighted by molar-refractivity contribution is 7.13. The normalized spacial score (nSPS) is 20.0. The number of aromatic nitrogens is 1. The number of β-amino-alcohol motifs (C(OH)–C–C–N with tert-alkyl or cyclic N) is 1. The Labute approximate surface area is 245 Å². The van der Waals surface area contributed by atoms with Crippen molar-refractivity contribution >= 4 is 29.1 Å². The second kappa shape index (κ2) is 11.7. The lowest BCUT2D eigenvalue weighted by Gasteiger charge is -2.35. The van der Waals surface area contributed by atoms with Crippen molar-refractivity contribution in [3.05, 3.63) is 76.4 Å². The number of carbonyl (C=O) groups excluding carboxylic acids is 3. The van der Waals surface area contributed by atoms with Gasteiger partial charge < -0.3 is 20.2 Å². The van der Waals surface area contributed by atoms with Crippen LogP contribution in [-0.4, -0.2) is 62.3 Å². The minimum Gasteiger partial charge on any atom is -0.391 e. The third-order valence-electron chi connectivity index (χ3n) is 8.18. The van der Waals surface area contributed by atoms with Gasteiger partial charge in [-0.25, -0.2) is 4.98 Å². The Morgan fingerprint density at radius 3 is 2.37 bits per heavy atom. The molecule has 5 rings (SSSR count). The lowest BCUT2D eigenvalue weighted by atomic mass is 9.94. The maximum absolute atomic E-state index is 14.0. The number of nitrogens with one attached hydrogen (secondary N) is 1. The van der Waals surface area contributed by atoms with Crippen molar-refractivity contribution in [2.24, 2.45) is 11.8 Å². The number of benzene rings is 2. The summed E-state index contributed by atoms with van der Waals surface area (Å²) in [6, 6.07) is 13.7. The zero-order valence-electron chi connectivity index (χ0n) is 24.2. The average Bonchev–Trinajstić information content (AvgIpc) is 3.64. The molecule has 2 aliphatic rings. The van der Waals surface area contributed by atoms with Gasteiger partial charge in [-0.3, -0.25) is 14.4 Å². The van der Waals surface area contributed by atoms with Gasteiger partial charge in [-0.15, -0.1) is 11.3 Å². The van der Waals surface area contributed by atoms with Gasteiger partial charge in [0.1, 0.15) is 12.1 Å². The topological polar surface area (TPSA) is 103 Å². The SMILES string of the molecule is Cc1ncsc1-c1ccc(C(NC(=O)C2CC(O)CN2C(=O)[C@H](C(C)C)N2Cc3ccccc3C2=O)C(C)C)cc1. The molecule has 0 aliphatic carbocycles. The van der Waals surface area contributed by atoms with E-state index in [0.29, 0.717) is 12.1 Å². The fraction of sp³-hybridized carbons (Fsp3) is 0.438. The van der Waals surface area contributed by atoms with E-state index in [1.807, 2.05) is 82.6 Å². The second-order valence-electron chi connectivity index (χ2n) is 11.8. The van der Waals surface area contributed by atoms with Crippen molar-refractivity contribution in [1.29, 1.82) is 0 Å². The molecule has 3 amide bonds. The number of carbonyl (C=O) groups is 3. The maximum atomic E-state index is 14.0. The summed E-state index contributed by atoms with van der Waals surface area (Å²) in [7, 11) is 0. The molecule has 41 heavy (non-hydrogen) atoms. The van der Waals surface area contributed by atoms with Crippen LogP contribution < -0.4 is 5.32 Å². The quantitative estimate of drug-likeness (QED) is 0.410. The van der Waals surface area contributed by atoms with Crippen LogP contribution >= 0.6 is 11.3 Å². The van der Waals surface area contributed by atoms with Crippen molar-refractivity contribution in [1.82, 2.24) is 20.1 Å². The summed E-state index contributed by atoms with van der Waals surface area (Å²) >= 11 is 1.60. The molecule has 2 aromatic carbocycles. The predicted molar refractivity (Wildman–Crippen MR) is 159 cm³/mol. The molecule has 2 N–H and O–H groups in total. The lowest BCUT2D eigenvalue weighted by molar-refractivity contribution is -0.143. The summed E-state index contributed by atoms with van der Waals surface area (Å²) in [4.78, 5) is 49.6. The van der Waals surface area contributed by atoms with Gasteiger partial charge >= 0.3 is 0 Å². The molecule has 3 heterocycles. The highest BCUT2D eigenvalue weighted by atomic mass is 32.1. The van der Waals surface area contributed by atoms with Gasteiger partial charge in [0.2, 0.25) is 11.8 Å². The van der Waals surface area contributed by atoms with Crippen molar-refractivity contribution in [3.8, 4) is 10.4 Å². The number of rotatable bonds is 8. The Morgan fingerprint density at radius 1 is 1.05 bits per heavy atom. The first-order chi connectivity index (χ1) is 19.6. The van der Waals surface area contributed by atoms with Crippen LogP contribution in [0.25, 0.3) is 10.4 Å². The van der Waals surface area contributed by atoms with E-state index < -0.39 is 18.2 Å².